The van der Waals surface area contributed by atoms with Crippen LogP contribution in [0.3, 0.4) is 0 Å². The summed E-state index contributed by atoms with van der Waals surface area (Å²) in [6, 6.07) is 24.2. The molecule has 3 aromatic rings. The first-order valence-electron chi connectivity index (χ1n) is 8.82. The van der Waals surface area contributed by atoms with Crippen molar-refractivity contribution in [2.75, 3.05) is 17.2 Å². The largest absolute Gasteiger partial charge is 0.375 e. The summed E-state index contributed by atoms with van der Waals surface area (Å²) in [7, 11) is 0. The van der Waals surface area contributed by atoms with E-state index in [1.165, 1.54) is 0 Å². The molecule has 0 fully saturated rings. The Morgan fingerprint density at radius 3 is 2.39 bits per heavy atom. The van der Waals surface area contributed by atoms with Crippen LogP contribution in [0, 0.1) is 0 Å². The van der Waals surface area contributed by atoms with Gasteiger partial charge in [0.1, 0.15) is 0 Å². The van der Waals surface area contributed by atoms with Crippen LogP contribution in [0.1, 0.15) is 15.9 Å². The number of para-hydroxylation sites is 1. The molecule has 2 amide bonds. The number of nitrogens with one attached hydrogen (secondary N) is 3. The smallest absolute Gasteiger partial charge is 0.251 e. The van der Waals surface area contributed by atoms with Gasteiger partial charge in [-0.15, -0.1) is 0 Å². The zero-order valence-corrected chi connectivity index (χ0v) is 16.7. The highest BCUT2D eigenvalue weighted by atomic mass is 79.9. The third-order valence-electron chi connectivity index (χ3n) is 4.02. The van der Waals surface area contributed by atoms with Crippen LogP contribution in [0.15, 0.2) is 83.3 Å². The predicted molar refractivity (Wildman–Crippen MR) is 115 cm³/mol. The maximum absolute atomic E-state index is 12.4. The second-order valence-electron chi connectivity index (χ2n) is 6.13. The summed E-state index contributed by atoms with van der Waals surface area (Å²) in [4.78, 5) is 24.6. The maximum Gasteiger partial charge on any atom is 0.251 e. The SMILES string of the molecule is O=C(CNc1ccccc1Br)Nc1cccc(C(=O)NCc2ccccc2)c1. The molecule has 0 aliphatic rings. The molecule has 0 saturated heterocycles. The van der Waals surface area contributed by atoms with Gasteiger partial charge < -0.3 is 16.0 Å². The fourth-order valence-electron chi connectivity index (χ4n) is 2.60. The summed E-state index contributed by atoms with van der Waals surface area (Å²) in [6.07, 6.45) is 0. The third-order valence-corrected chi connectivity index (χ3v) is 4.71. The molecule has 0 bridgehead atoms. The number of carbonyl (C=O) groups is 2. The average Bonchev–Trinajstić information content (AvgIpc) is 2.72. The van der Waals surface area contributed by atoms with Gasteiger partial charge in [0.2, 0.25) is 5.91 Å². The lowest BCUT2D eigenvalue weighted by atomic mass is 10.1. The molecule has 0 spiro atoms. The first-order valence-corrected chi connectivity index (χ1v) is 9.61. The fourth-order valence-corrected chi connectivity index (χ4v) is 3.03. The van der Waals surface area contributed by atoms with Crippen LogP contribution < -0.4 is 16.0 Å². The topological polar surface area (TPSA) is 70.2 Å². The minimum absolute atomic E-state index is 0.118. The van der Waals surface area contributed by atoms with Crippen LogP contribution >= 0.6 is 15.9 Å². The molecular formula is C22H20BrN3O2. The van der Waals surface area contributed by atoms with Gasteiger partial charge >= 0.3 is 0 Å². The van der Waals surface area contributed by atoms with Gasteiger partial charge in [-0.05, 0) is 51.8 Å². The van der Waals surface area contributed by atoms with Crippen molar-refractivity contribution in [1.29, 1.82) is 0 Å². The molecule has 0 saturated carbocycles. The van der Waals surface area contributed by atoms with Crippen LogP contribution in [0.2, 0.25) is 0 Å². The average molecular weight is 438 g/mol. The van der Waals surface area contributed by atoms with E-state index in [2.05, 4.69) is 31.9 Å². The highest BCUT2D eigenvalue weighted by molar-refractivity contribution is 9.10. The first kappa shape index (κ1) is 19.6. The molecule has 0 heterocycles. The van der Waals surface area contributed by atoms with E-state index in [1.54, 1.807) is 24.3 Å². The number of rotatable bonds is 7. The van der Waals surface area contributed by atoms with Crippen molar-refractivity contribution in [3.8, 4) is 0 Å². The Hall–Kier alpha value is -3.12. The summed E-state index contributed by atoms with van der Waals surface area (Å²) in [6.45, 7) is 0.569. The molecule has 0 aliphatic carbocycles. The molecule has 0 unspecified atom stereocenters. The van der Waals surface area contributed by atoms with Crippen LogP contribution in [0.25, 0.3) is 0 Å². The van der Waals surface area contributed by atoms with Gasteiger partial charge in [-0.1, -0.05) is 48.5 Å². The molecule has 3 rings (SSSR count). The lowest BCUT2D eigenvalue weighted by Gasteiger charge is -2.10. The van der Waals surface area contributed by atoms with Gasteiger partial charge in [0.05, 0.1) is 6.54 Å². The van der Waals surface area contributed by atoms with E-state index in [0.29, 0.717) is 17.8 Å². The molecule has 0 aromatic heterocycles. The van der Waals surface area contributed by atoms with Crippen molar-refractivity contribution < 1.29 is 9.59 Å². The Morgan fingerprint density at radius 2 is 1.61 bits per heavy atom. The Kier molecular flexibility index (Phi) is 6.81. The van der Waals surface area contributed by atoms with Crippen molar-refractivity contribution in [2.45, 2.75) is 6.54 Å². The van der Waals surface area contributed by atoms with E-state index in [9.17, 15) is 9.59 Å². The lowest BCUT2D eigenvalue weighted by Crippen LogP contribution is -2.24. The van der Waals surface area contributed by atoms with Gasteiger partial charge in [-0.3, -0.25) is 9.59 Å². The molecule has 5 nitrogen and oxygen atoms in total. The maximum atomic E-state index is 12.4. The zero-order chi connectivity index (χ0) is 19.8. The summed E-state index contributed by atoms with van der Waals surface area (Å²) >= 11 is 3.43. The molecule has 28 heavy (non-hydrogen) atoms. The van der Waals surface area contributed by atoms with Crippen LogP contribution in [0.4, 0.5) is 11.4 Å². The van der Waals surface area contributed by atoms with Gasteiger partial charge in [-0.25, -0.2) is 0 Å². The second kappa shape index (κ2) is 9.71. The van der Waals surface area contributed by atoms with Crippen LogP contribution in [0.5, 0.6) is 0 Å². The number of amides is 2. The summed E-state index contributed by atoms with van der Waals surface area (Å²) in [5, 5.41) is 8.75. The van der Waals surface area contributed by atoms with Gasteiger partial charge in [0, 0.05) is 28.0 Å². The number of hydrogen-bond acceptors (Lipinski definition) is 3. The van der Waals surface area contributed by atoms with Gasteiger partial charge in [0.25, 0.3) is 5.91 Å². The Bertz CT molecular complexity index is 961. The normalized spacial score (nSPS) is 10.2. The molecule has 0 radical (unpaired) electrons. The Labute approximate surface area is 172 Å². The summed E-state index contributed by atoms with van der Waals surface area (Å²) in [5.74, 6) is -0.385. The molecule has 0 aliphatic heterocycles. The number of halogens is 1. The first-order chi connectivity index (χ1) is 13.6. The summed E-state index contributed by atoms with van der Waals surface area (Å²) in [5.41, 5.74) is 2.93. The number of carbonyl (C=O) groups excluding carboxylic acids is 2. The van der Waals surface area contributed by atoms with Gasteiger partial charge in [0.15, 0.2) is 0 Å². The van der Waals surface area contributed by atoms with Crippen molar-refractivity contribution in [1.82, 2.24) is 5.32 Å². The van der Waals surface area contributed by atoms with Gasteiger partial charge in [-0.2, -0.15) is 0 Å². The predicted octanol–water partition coefficient (Wildman–Crippen LogP) is 4.43. The van der Waals surface area contributed by atoms with Crippen molar-refractivity contribution in [3.05, 3.63) is 94.5 Å². The van der Waals surface area contributed by atoms with E-state index >= 15 is 0 Å². The van der Waals surface area contributed by atoms with E-state index in [-0.39, 0.29) is 18.4 Å². The molecule has 0 atom stereocenters. The standard InChI is InChI=1S/C22H20BrN3O2/c23-19-11-4-5-12-20(19)24-15-21(27)26-18-10-6-9-17(13-18)22(28)25-14-16-7-2-1-3-8-16/h1-13,24H,14-15H2,(H,25,28)(H,26,27). The number of hydrogen-bond donors (Lipinski definition) is 3. The monoisotopic (exact) mass is 437 g/mol. The van der Waals surface area contributed by atoms with E-state index < -0.39 is 0 Å². The fraction of sp³-hybridized carbons (Fsp3) is 0.0909. The third kappa shape index (κ3) is 5.69. The van der Waals surface area contributed by atoms with Crippen LogP contribution in [-0.4, -0.2) is 18.4 Å². The summed E-state index contributed by atoms with van der Waals surface area (Å²) < 4.78 is 0.889. The van der Waals surface area contributed by atoms with E-state index in [4.69, 9.17) is 0 Å². The highest BCUT2D eigenvalue weighted by Crippen LogP contribution is 2.20. The minimum atomic E-state index is -0.197. The Balaban J connectivity index is 1.54. The lowest BCUT2D eigenvalue weighted by molar-refractivity contribution is -0.114. The van der Waals surface area contributed by atoms with Crippen LogP contribution in [-0.2, 0) is 11.3 Å². The van der Waals surface area contributed by atoms with E-state index in [0.717, 1.165) is 15.7 Å². The van der Waals surface area contributed by atoms with Crippen molar-refractivity contribution >= 4 is 39.1 Å². The van der Waals surface area contributed by atoms with Crippen molar-refractivity contribution in [2.24, 2.45) is 0 Å². The molecule has 3 N–H and O–H groups in total. The molecule has 3 aromatic carbocycles. The minimum Gasteiger partial charge on any atom is -0.375 e. The highest BCUT2D eigenvalue weighted by Gasteiger charge is 2.08. The number of anilines is 2. The second-order valence-corrected chi connectivity index (χ2v) is 6.98. The van der Waals surface area contributed by atoms with E-state index in [1.807, 2.05) is 54.6 Å². The Morgan fingerprint density at radius 1 is 0.857 bits per heavy atom. The molecule has 142 valence electrons. The van der Waals surface area contributed by atoms with Crippen molar-refractivity contribution in [3.63, 3.8) is 0 Å². The number of benzene rings is 3. The quantitative estimate of drug-likeness (QED) is 0.511. The molecule has 6 heteroatoms. The zero-order valence-electron chi connectivity index (χ0n) is 15.1. The molecular weight excluding hydrogens is 418 g/mol.